The number of rotatable bonds is 0. The standard InChI is InChI=1S/C11H11NO/c13-12-11-6-9-8-4-2-1-3-7(8)5-10(9)11/h1-4,9-10,13H,5-6H2/b12-11-. The van der Waals surface area contributed by atoms with Gasteiger partial charge in [-0.2, -0.15) is 0 Å². The number of benzene rings is 1. The van der Waals surface area contributed by atoms with Gasteiger partial charge in [-0.15, -0.1) is 0 Å². The van der Waals surface area contributed by atoms with Crippen molar-refractivity contribution < 1.29 is 5.21 Å². The Kier molecular flexibility index (Phi) is 1.29. The molecular weight excluding hydrogens is 162 g/mol. The first-order valence-corrected chi connectivity index (χ1v) is 4.69. The Hall–Kier alpha value is -1.31. The van der Waals surface area contributed by atoms with Crippen molar-refractivity contribution >= 4 is 5.71 Å². The van der Waals surface area contributed by atoms with Gasteiger partial charge >= 0.3 is 0 Å². The summed E-state index contributed by atoms with van der Waals surface area (Å²) in [5.74, 6) is 1.14. The summed E-state index contributed by atoms with van der Waals surface area (Å²) in [6, 6.07) is 8.56. The molecule has 3 rings (SSSR count). The van der Waals surface area contributed by atoms with E-state index in [1.165, 1.54) is 11.1 Å². The molecule has 2 unspecified atom stereocenters. The van der Waals surface area contributed by atoms with Crippen molar-refractivity contribution in [1.29, 1.82) is 0 Å². The minimum Gasteiger partial charge on any atom is -0.411 e. The number of nitrogens with zero attached hydrogens (tertiary/aromatic N) is 1. The summed E-state index contributed by atoms with van der Waals surface area (Å²) in [5, 5.41) is 12.0. The Labute approximate surface area is 76.9 Å². The first-order chi connectivity index (χ1) is 6.40. The lowest BCUT2D eigenvalue weighted by Crippen LogP contribution is -2.32. The fraction of sp³-hybridized carbons (Fsp3) is 0.364. The Balaban J connectivity index is 2.02. The maximum absolute atomic E-state index is 8.70. The number of fused-ring (bicyclic) bond motifs is 3. The highest BCUT2D eigenvalue weighted by Gasteiger charge is 2.44. The molecular formula is C11H11NO. The van der Waals surface area contributed by atoms with Crippen LogP contribution in [0, 0.1) is 5.92 Å². The Morgan fingerprint density at radius 3 is 2.85 bits per heavy atom. The SMILES string of the molecule is O/N=C1/CC2c3ccccc3CC12. The van der Waals surface area contributed by atoms with Crippen LogP contribution < -0.4 is 0 Å². The van der Waals surface area contributed by atoms with E-state index in [2.05, 4.69) is 29.4 Å². The molecule has 0 spiro atoms. The van der Waals surface area contributed by atoms with Crippen LogP contribution in [-0.2, 0) is 6.42 Å². The predicted octanol–water partition coefficient (Wildman–Crippen LogP) is 2.18. The molecule has 1 aromatic rings. The molecule has 2 aliphatic rings. The van der Waals surface area contributed by atoms with Crippen LogP contribution in [0.25, 0.3) is 0 Å². The minimum atomic E-state index is 0.502. The largest absolute Gasteiger partial charge is 0.411 e. The minimum absolute atomic E-state index is 0.502. The van der Waals surface area contributed by atoms with Gasteiger partial charge in [0.25, 0.3) is 0 Å². The highest BCUT2D eigenvalue weighted by Crippen LogP contribution is 2.49. The molecule has 0 saturated heterocycles. The molecule has 2 nitrogen and oxygen atoms in total. The van der Waals surface area contributed by atoms with Gasteiger partial charge in [-0.05, 0) is 29.9 Å². The molecule has 66 valence electrons. The summed E-state index contributed by atoms with van der Waals surface area (Å²) in [5.41, 5.74) is 3.90. The van der Waals surface area contributed by atoms with Gasteiger partial charge in [-0.25, -0.2) is 0 Å². The van der Waals surface area contributed by atoms with Crippen molar-refractivity contribution in [2.24, 2.45) is 11.1 Å². The predicted molar refractivity (Wildman–Crippen MR) is 50.2 cm³/mol. The maximum Gasteiger partial charge on any atom is 0.0617 e. The highest BCUT2D eigenvalue weighted by molar-refractivity contribution is 5.95. The third-order valence-electron chi connectivity index (χ3n) is 3.37. The zero-order chi connectivity index (χ0) is 8.84. The second-order valence-corrected chi connectivity index (χ2v) is 3.91. The van der Waals surface area contributed by atoms with E-state index < -0.39 is 0 Å². The monoisotopic (exact) mass is 173 g/mol. The summed E-state index contributed by atoms with van der Waals surface area (Å²) >= 11 is 0. The van der Waals surface area contributed by atoms with Crippen LogP contribution in [0.2, 0.25) is 0 Å². The van der Waals surface area contributed by atoms with Crippen LogP contribution in [0.4, 0.5) is 0 Å². The van der Waals surface area contributed by atoms with Gasteiger partial charge in [-0.3, -0.25) is 0 Å². The lowest BCUT2D eigenvalue weighted by molar-refractivity contribution is 0.302. The molecule has 0 bridgehead atoms. The number of hydrogen-bond donors (Lipinski definition) is 1. The topological polar surface area (TPSA) is 32.6 Å². The fourth-order valence-electron chi connectivity index (χ4n) is 2.61. The van der Waals surface area contributed by atoms with Crippen molar-refractivity contribution in [1.82, 2.24) is 0 Å². The average Bonchev–Trinajstić information content (AvgIpc) is 2.41. The van der Waals surface area contributed by atoms with E-state index in [0.717, 1.165) is 18.6 Å². The summed E-state index contributed by atoms with van der Waals surface area (Å²) in [7, 11) is 0. The van der Waals surface area contributed by atoms with Crippen LogP contribution in [0.5, 0.6) is 0 Å². The van der Waals surface area contributed by atoms with Gasteiger partial charge in [0.2, 0.25) is 0 Å². The molecule has 1 saturated carbocycles. The average molecular weight is 173 g/mol. The lowest BCUT2D eigenvalue weighted by Gasteiger charge is -2.31. The first kappa shape index (κ1) is 7.13. The van der Waals surface area contributed by atoms with Gasteiger partial charge in [-0.1, -0.05) is 29.4 Å². The molecule has 2 heteroatoms. The van der Waals surface area contributed by atoms with E-state index in [4.69, 9.17) is 5.21 Å². The molecule has 0 aromatic heterocycles. The smallest absolute Gasteiger partial charge is 0.0617 e. The number of hydrogen-bond acceptors (Lipinski definition) is 2. The van der Waals surface area contributed by atoms with E-state index >= 15 is 0 Å². The van der Waals surface area contributed by atoms with Crippen LogP contribution >= 0.6 is 0 Å². The quantitative estimate of drug-likeness (QED) is 0.473. The third kappa shape index (κ3) is 0.804. The van der Waals surface area contributed by atoms with Crippen molar-refractivity contribution in [3.63, 3.8) is 0 Å². The summed E-state index contributed by atoms with van der Waals surface area (Å²) in [4.78, 5) is 0. The Morgan fingerprint density at radius 1 is 1.15 bits per heavy atom. The van der Waals surface area contributed by atoms with Crippen molar-refractivity contribution in [2.45, 2.75) is 18.8 Å². The van der Waals surface area contributed by atoms with Gasteiger partial charge in [0.1, 0.15) is 0 Å². The molecule has 1 aromatic carbocycles. The van der Waals surface area contributed by atoms with Gasteiger partial charge in [0, 0.05) is 5.92 Å². The zero-order valence-corrected chi connectivity index (χ0v) is 7.27. The summed E-state index contributed by atoms with van der Waals surface area (Å²) in [6.07, 6.45) is 2.03. The van der Waals surface area contributed by atoms with Gasteiger partial charge in [0.05, 0.1) is 5.71 Å². The Morgan fingerprint density at radius 2 is 2.00 bits per heavy atom. The zero-order valence-electron chi connectivity index (χ0n) is 7.27. The van der Waals surface area contributed by atoms with E-state index in [1.54, 1.807) is 0 Å². The van der Waals surface area contributed by atoms with E-state index in [9.17, 15) is 0 Å². The molecule has 13 heavy (non-hydrogen) atoms. The normalized spacial score (nSPS) is 32.5. The first-order valence-electron chi connectivity index (χ1n) is 4.69. The van der Waals surface area contributed by atoms with Gasteiger partial charge < -0.3 is 5.21 Å². The van der Waals surface area contributed by atoms with Crippen LogP contribution in [0.1, 0.15) is 23.5 Å². The summed E-state index contributed by atoms with van der Waals surface area (Å²) < 4.78 is 0. The molecule has 2 aliphatic carbocycles. The molecule has 0 amide bonds. The molecule has 2 atom stereocenters. The molecule has 1 N–H and O–H groups in total. The number of oxime groups is 1. The lowest BCUT2D eigenvalue weighted by atomic mass is 9.72. The molecule has 0 radical (unpaired) electrons. The van der Waals surface area contributed by atoms with Crippen molar-refractivity contribution in [3.8, 4) is 0 Å². The second-order valence-electron chi connectivity index (χ2n) is 3.91. The van der Waals surface area contributed by atoms with E-state index in [0.29, 0.717) is 11.8 Å². The fourth-order valence-corrected chi connectivity index (χ4v) is 2.61. The van der Waals surface area contributed by atoms with Crippen LogP contribution in [-0.4, -0.2) is 10.9 Å². The van der Waals surface area contributed by atoms with E-state index in [1.807, 2.05) is 0 Å². The van der Waals surface area contributed by atoms with Gasteiger partial charge in [0.15, 0.2) is 0 Å². The van der Waals surface area contributed by atoms with E-state index in [-0.39, 0.29) is 0 Å². The molecule has 1 fully saturated rings. The maximum atomic E-state index is 8.70. The third-order valence-corrected chi connectivity index (χ3v) is 3.37. The highest BCUT2D eigenvalue weighted by atomic mass is 16.4. The van der Waals surface area contributed by atoms with Crippen LogP contribution in [0.3, 0.4) is 0 Å². The molecule has 0 heterocycles. The van der Waals surface area contributed by atoms with Crippen molar-refractivity contribution in [3.05, 3.63) is 35.4 Å². The second kappa shape index (κ2) is 2.34. The van der Waals surface area contributed by atoms with Crippen LogP contribution in [0.15, 0.2) is 29.4 Å². The summed E-state index contributed by atoms with van der Waals surface area (Å²) in [6.45, 7) is 0. The van der Waals surface area contributed by atoms with Crippen molar-refractivity contribution in [2.75, 3.05) is 0 Å². The Bertz CT molecular complexity index is 383. The molecule has 0 aliphatic heterocycles.